The summed E-state index contributed by atoms with van der Waals surface area (Å²) in [6.07, 6.45) is -0.551. The second-order valence-corrected chi connectivity index (χ2v) is 6.19. The normalized spacial score (nSPS) is 22.6. The van der Waals surface area contributed by atoms with Gasteiger partial charge in [0.2, 0.25) is 0 Å². The molecule has 1 aromatic carbocycles. The summed E-state index contributed by atoms with van der Waals surface area (Å²) in [4.78, 5) is 14.3. The zero-order valence-electron chi connectivity index (χ0n) is 13.8. The molecular formula is C17H28N2O4+2. The van der Waals surface area contributed by atoms with Crippen molar-refractivity contribution in [2.75, 3.05) is 52.5 Å². The molecule has 1 atom stereocenters. The monoisotopic (exact) mass is 324 g/mol. The van der Waals surface area contributed by atoms with Gasteiger partial charge in [0.1, 0.15) is 57.7 Å². The van der Waals surface area contributed by atoms with E-state index >= 15 is 0 Å². The lowest BCUT2D eigenvalue weighted by molar-refractivity contribution is -1.01. The molecule has 0 amide bonds. The maximum atomic E-state index is 11.5. The lowest BCUT2D eigenvalue weighted by atomic mass is 10.1. The van der Waals surface area contributed by atoms with Crippen LogP contribution in [0.15, 0.2) is 24.3 Å². The number of hydrogen-bond acceptors (Lipinski definition) is 4. The molecule has 1 aromatic rings. The molecule has 4 N–H and O–H groups in total. The molecule has 23 heavy (non-hydrogen) atoms. The van der Waals surface area contributed by atoms with E-state index in [1.54, 1.807) is 18.2 Å². The maximum Gasteiger partial charge on any atom is 0.163 e. The third kappa shape index (κ3) is 5.58. The molecule has 0 saturated carbocycles. The molecule has 1 heterocycles. The Morgan fingerprint density at radius 3 is 2.52 bits per heavy atom. The Morgan fingerprint density at radius 1 is 1.22 bits per heavy atom. The fourth-order valence-corrected chi connectivity index (χ4v) is 3.03. The van der Waals surface area contributed by atoms with E-state index in [0.717, 1.165) is 32.7 Å². The summed E-state index contributed by atoms with van der Waals surface area (Å²) in [6.45, 7) is 7.43. The quantitative estimate of drug-likeness (QED) is 0.396. The molecule has 1 fully saturated rings. The van der Waals surface area contributed by atoms with Crippen molar-refractivity contribution >= 4 is 5.78 Å². The van der Waals surface area contributed by atoms with Gasteiger partial charge in [-0.1, -0.05) is 12.1 Å². The van der Waals surface area contributed by atoms with Gasteiger partial charge in [0.05, 0.1) is 12.2 Å². The number of ether oxygens (including phenoxy) is 1. The minimum atomic E-state index is -0.551. The number of benzene rings is 1. The highest BCUT2D eigenvalue weighted by Crippen LogP contribution is 2.18. The van der Waals surface area contributed by atoms with Gasteiger partial charge in [-0.3, -0.25) is 4.79 Å². The number of quaternary nitrogens is 2. The largest absolute Gasteiger partial charge is 0.490 e. The van der Waals surface area contributed by atoms with Gasteiger partial charge in [0, 0.05) is 0 Å². The summed E-state index contributed by atoms with van der Waals surface area (Å²) in [5, 5.41) is 19.1. The predicted molar refractivity (Wildman–Crippen MR) is 86.2 cm³/mol. The van der Waals surface area contributed by atoms with Gasteiger partial charge >= 0.3 is 0 Å². The van der Waals surface area contributed by atoms with E-state index in [4.69, 9.17) is 9.84 Å². The van der Waals surface area contributed by atoms with Crippen molar-refractivity contribution in [1.29, 1.82) is 0 Å². The fourth-order valence-electron chi connectivity index (χ4n) is 3.03. The molecule has 0 aliphatic carbocycles. The average molecular weight is 324 g/mol. The first-order chi connectivity index (χ1) is 11.1. The molecule has 1 aliphatic heterocycles. The van der Waals surface area contributed by atoms with E-state index in [1.807, 2.05) is 6.07 Å². The summed E-state index contributed by atoms with van der Waals surface area (Å²) < 4.78 is 5.64. The van der Waals surface area contributed by atoms with E-state index < -0.39 is 6.10 Å². The Morgan fingerprint density at radius 2 is 1.87 bits per heavy atom. The van der Waals surface area contributed by atoms with Crippen LogP contribution in [0.1, 0.15) is 17.3 Å². The van der Waals surface area contributed by atoms with Crippen LogP contribution in [0, 0.1) is 0 Å². The maximum absolute atomic E-state index is 11.5. The third-order valence-corrected chi connectivity index (χ3v) is 4.35. The fraction of sp³-hybridized carbons (Fsp3) is 0.588. The van der Waals surface area contributed by atoms with Gasteiger partial charge < -0.3 is 24.7 Å². The van der Waals surface area contributed by atoms with Crippen LogP contribution >= 0.6 is 0 Å². The number of aliphatic hydroxyl groups excluding tert-OH is 2. The molecular weight excluding hydrogens is 296 g/mol. The molecule has 128 valence electrons. The van der Waals surface area contributed by atoms with Crippen LogP contribution in [0.3, 0.4) is 0 Å². The van der Waals surface area contributed by atoms with E-state index in [-0.39, 0.29) is 19.0 Å². The van der Waals surface area contributed by atoms with Crippen LogP contribution in [0.5, 0.6) is 5.75 Å². The number of Topliss-reactive ketones (excluding diaryl/α,β-unsaturated/α-hetero) is 1. The van der Waals surface area contributed by atoms with E-state index in [0.29, 0.717) is 17.9 Å². The van der Waals surface area contributed by atoms with Gasteiger partial charge in [-0.25, -0.2) is 0 Å². The Balaban J connectivity index is 1.76. The lowest BCUT2D eigenvalue weighted by Gasteiger charge is -2.30. The lowest BCUT2D eigenvalue weighted by Crippen LogP contribution is -3.28. The number of carbonyl (C=O) groups is 1. The van der Waals surface area contributed by atoms with Crippen LogP contribution < -0.4 is 14.5 Å². The summed E-state index contributed by atoms with van der Waals surface area (Å²) in [6, 6.07) is 7.12. The first-order valence-electron chi connectivity index (χ1n) is 8.29. The standard InChI is InChI=1S/C17H26N2O4/c1-14(21)16-4-2-3-5-17(16)23-13-15(22)12-19-8-6-18(7-9-19)10-11-20/h2-5,15,20,22H,6-13H2,1H3/p+2/t15-/m0/s1. The number of hydrogen-bond donors (Lipinski definition) is 4. The molecule has 0 aromatic heterocycles. The van der Waals surface area contributed by atoms with Crippen molar-refractivity contribution < 1.29 is 29.5 Å². The Labute approximate surface area is 137 Å². The molecule has 1 saturated heterocycles. The smallest absolute Gasteiger partial charge is 0.163 e. The van der Waals surface area contributed by atoms with E-state index in [9.17, 15) is 9.90 Å². The second-order valence-electron chi connectivity index (χ2n) is 6.19. The number of rotatable bonds is 8. The Bertz CT molecular complexity index is 501. The van der Waals surface area contributed by atoms with Crippen molar-refractivity contribution in [3.63, 3.8) is 0 Å². The summed E-state index contributed by atoms with van der Waals surface area (Å²) >= 11 is 0. The van der Waals surface area contributed by atoms with Crippen LogP contribution in [0.25, 0.3) is 0 Å². The highest BCUT2D eigenvalue weighted by Gasteiger charge is 2.24. The number of carbonyl (C=O) groups excluding carboxylic acids is 1. The minimum Gasteiger partial charge on any atom is -0.490 e. The second kappa shape index (κ2) is 8.98. The van der Waals surface area contributed by atoms with Crippen molar-refractivity contribution in [2.24, 2.45) is 0 Å². The SMILES string of the molecule is CC(=O)c1ccccc1OC[C@@H](O)C[NH+]1CC[NH+](CCO)CC1. The molecule has 6 heteroatoms. The van der Waals surface area contributed by atoms with E-state index in [2.05, 4.69) is 0 Å². The summed E-state index contributed by atoms with van der Waals surface area (Å²) in [7, 11) is 0. The van der Waals surface area contributed by atoms with Gasteiger partial charge in [0.15, 0.2) is 5.78 Å². The van der Waals surface area contributed by atoms with Crippen LogP contribution in [0.2, 0.25) is 0 Å². The van der Waals surface area contributed by atoms with Gasteiger partial charge in [-0.2, -0.15) is 0 Å². The molecule has 2 rings (SSSR count). The number of nitrogens with one attached hydrogen (secondary N) is 2. The molecule has 0 radical (unpaired) electrons. The zero-order valence-corrected chi connectivity index (χ0v) is 13.8. The topological polar surface area (TPSA) is 75.6 Å². The third-order valence-electron chi connectivity index (χ3n) is 4.35. The number of aliphatic hydroxyl groups is 2. The van der Waals surface area contributed by atoms with Crippen molar-refractivity contribution in [3.05, 3.63) is 29.8 Å². The zero-order chi connectivity index (χ0) is 16.7. The van der Waals surface area contributed by atoms with Crippen molar-refractivity contribution in [1.82, 2.24) is 0 Å². The number of piperazine rings is 1. The van der Waals surface area contributed by atoms with Crippen LogP contribution in [-0.2, 0) is 0 Å². The van der Waals surface area contributed by atoms with Gasteiger partial charge in [-0.05, 0) is 19.1 Å². The first kappa shape index (κ1) is 17.9. The van der Waals surface area contributed by atoms with Crippen LogP contribution in [-0.4, -0.2) is 74.6 Å². The first-order valence-corrected chi connectivity index (χ1v) is 8.29. The van der Waals surface area contributed by atoms with Crippen molar-refractivity contribution in [3.8, 4) is 5.75 Å². The molecule has 0 bridgehead atoms. The van der Waals surface area contributed by atoms with E-state index in [1.165, 1.54) is 16.7 Å². The number of ketones is 1. The molecule has 6 nitrogen and oxygen atoms in total. The molecule has 0 unspecified atom stereocenters. The predicted octanol–water partition coefficient (Wildman–Crippen LogP) is -2.60. The summed E-state index contributed by atoms with van der Waals surface area (Å²) in [5.74, 6) is 0.495. The Kier molecular flexibility index (Phi) is 6.98. The highest BCUT2D eigenvalue weighted by molar-refractivity contribution is 5.96. The van der Waals surface area contributed by atoms with Gasteiger partial charge in [-0.15, -0.1) is 0 Å². The molecule has 1 aliphatic rings. The molecule has 0 spiro atoms. The Hall–Kier alpha value is -1.47. The number of para-hydroxylation sites is 1. The minimum absolute atomic E-state index is 0.0382. The van der Waals surface area contributed by atoms with Gasteiger partial charge in [0.25, 0.3) is 0 Å². The summed E-state index contributed by atoms with van der Waals surface area (Å²) in [5.41, 5.74) is 0.549. The van der Waals surface area contributed by atoms with Crippen LogP contribution in [0.4, 0.5) is 0 Å². The van der Waals surface area contributed by atoms with Crippen molar-refractivity contribution in [2.45, 2.75) is 13.0 Å². The highest BCUT2D eigenvalue weighted by atomic mass is 16.5. The average Bonchev–Trinajstić information content (AvgIpc) is 2.55.